The minimum Gasteiger partial charge on any atom is -0.475 e. The van der Waals surface area contributed by atoms with E-state index in [1.54, 1.807) is 151 Å². The van der Waals surface area contributed by atoms with Gasteiger partial charge in [0.25, 0.3) is 0 Å². The van der Waals surface area contributed by atoms with Gasteiger partial charge in [-0.05, 0) is 309 Å². The van der Waals surface area contributed by atoms with Crippen molar-refractivity contribution >= 4 is 303 Å². The minimum atomic E-state index is -1.05. The monoisotopic (exact) mass is 910 g/mol. The molecule has 3 nitrogen and oxygen atoms in total. The molecule has 312 valence electrons. The van der Waals surface area contributed by atoms with Crippen LogP contribution < -0.4 is 0 Å². The summed E-state index contributed by atoms with van der Waals surface area (Å²) >= 11 is 0. The molecule has 0 N–H and O–H groups in total. The van der Waals surface area contributed by atoms with Gasteiger partial charge in [-0.2, -0.15) is 0 Å². The first-order chi connectivity index (χ1) is 36.8. The Labute approximate surface area is 403 Å². The van der Waals surface area contributed by atoms with Crippen molar-refractivity contribution in [1.82, 2.24) is 0 Å². The first-order valence-electron chi connectivity index (χ1n) is 27.2. The number of ether oxygens (including phenoxy) is 2. The lowest BCUT2D eigenvalue weighted by Gasteiger charge is -2.49. The maximum atomic E-state index is 16.4. The highest BCUT2D eigenvalue weighted by Crippen LogP contribution is 2.87. The summed E-state index contributed by atoms with van der Waals surface area (Å²) in [6.07, 6.45) is 0. The summed E-state index contributed by atoms with van der Waals surface area (Å²) in [6, 6.07) is 10.8. The molecule has 0 fully saturated rings. The zero-order valence-electron chi connectivity index (χ0n) is 37.8. The number of esters is 1. The standard InChI is InChI=1S/C71H10O3/c1-2-73-69(72)67-68(8-6-4-3-5-7-8)74-71-65-59-53-43-31-23-15-11-9-10-13-17(15)25(31)35-29-21(13)22-14(10)18-16-12(9)20-19(11)27-33(23)41-47-37(27)38-28(20)34-24(16)32-26(18)36-30(22)40-39(29)51(45(35)53)61(65)62-52(40)46(36)54-44(32)50-42(34)48(38)56-55(47)63(57(59)49(41)43)70(67,71)64(56)58(50)60(54)66(62)71/h3-7H,2H2,1H3. The lowest BCUT2D eigenvalue weighted by atomic mass is 9.52. The molecule has 0 unspecified atom stereocenters. The molecular formula is C71H10O3. The fourth-order valence-corrected chi connectivity index (χ4v) is 25.4. The predicted molar refractivity (Wildman–Crippen MR) is 305 cm³/mol. The van der Waals surface area contributed by atoms with Gasteiger partial charge in [0.1, 0.15) is 11.2 Å². The molecule has 34 rings (SSSR count). The molecule has 1 heterocycles. The van der Waals surface area contributed by atoms with Crippen molar-refractivity contribution in [3.63, 3.8) is 0 Å². The normalized spacial score (nSPS) is 21.9. The topological polar surface area (TPSA) is 35.5 Å². The van der Waals surface area contributed by atoms with Gasteiger partial charge in [-0.3, -0.25) is 0 Å². The van der Waals surface area contributed by atoms with Crippen LogP contribution in [0.15, 0.2) is 35.9 Å². The van der Waals surface area contributed by atoms with Crippen molar-refractivity contribution in [2.75, 3.05) is 6.61 Å². The Kier molecular flexibility index (Phi) is 2.45. The van der Waals surface area contributed by atoms with Crippen LogP contribution in [0.1, 0.15) is 34.7 Å². The summed E-state index contributed by atoms with van der Waals surface area (Å²) in [5, 5.41) is 82.9. The Balaban J connectivity index is 1.14. The lowest BCUT2D eigenvalue weighted by Crippen LogP contribution is -2.52. The molecule has 2 spiro atoms. The molecule has 4 aliphatic carbocycles. The van der Waals surface area contributed by atoms with E-state index in [1.165, 1.54) is 162 Å². The van der Waals surface area contributed by atoms with Crippen molar-refractivity contribution in [2.45, 2.75) is 17.9 Å². The van der Waals surface area contributed by atoms with E-state index in [0.717, 1.165) is 16.9 Å². The van der Waals surface area contributed by atoms with Crippen LogP contribution in [0.4, 0.5) is 0 Å². The largest absolute Gasteiger partial charge is 0.475 e. The second kappa shape index (κ2) is 6.47. The minimum absolute atomic E-state index is 0.222. The van der Waals surface area contributed by atoms with Crippen LogP contribution >= 0.6 is 0 Å². The number of benzene rings is 19. The first kappa shape index (κ1) is 28.1. The van der Waals surface area contributed by atoms with Crippen molar-refractivity contribution < 1.29 is 14.3 Å². The number of hydrogen-bond acceptors (Lipinski definition) is 3. The van der Waals surface area contributed by atoms with Gasteiger partial charge in [0.15, 0.2) is 5.60 Å². The third-order valence-electron chi connectivity index (χ3n) is 25.6. The van der Waals surface area contributed by atoms with E-state index in [0.29, 0.717) is 6.61 Å². The Morgan fingerprint density at radius 3 is 0.770 bits per heavy atom. The van der Waals surface area contributed by atoms with Crippen LogP contribution in [0.3, 0.4) is 0 Å². The molecule has 0 saturated carbocycles. The van der Waals surface area contributed by atoms with Crippen molar-refractivity contribution in [1.29, 1.82) is 0 Å². The van der Waals surface area contributed by atoms with Crippen LogP contribution in [-0.2, 0) is 25.3 Å². The quantitative estimate of drug-likeness (QED) is 0.131. The third-order valence-corrected chi connectivity index (χ3v) is 25.6. The third kappa shape index (κ3) is 1.51. The van der Waals surface area contributed by atoms with Crippen LogP contribution in [-0.4, -0.2) is 12.6 Å². The smallest absolute Gasteiger partial charge is 0.339 e. The number of hydrogen-bond donors (Lipinski definition) is 0. The van der Waals surface area contributed by atoms with E-state index in [9.17, 15) is 0 Å². The van der Waals surface area contributed by atoms with E-state index in [1.807, 2.05) is 6.92 Å². The first-order valence-corrected chi connectivity index (χ1v) is 27.2. The molecule has 0 bridgehead atoms. The molecule has 0 amide bonds. The van der Waals surface area contributed by atoms with Crippen LogP contribution in [0, 0.1) is 0 Å². The van der Waals surface area contributed by atoms with E-state index in [2.05, 4.69) is 30.3 Å². The highest BCUT2D eigenvalue weighted by molar-refractivity contribution is 6.82. The van der Waals surface area contributed by atoms with Crippen molar-refractivity contribution in [2.24, 2.45) is 0 Å². The Bertz CT molecular complexity index is 7440. The molecule has 0 aromatic heterocycles. The van der Waals surface area contributed by atoms with Crippen molar-refractivity contribution in [3.05, 3.63) is 63.7 Å². The van der Waals surface area contributed by atoms with Gasteiger partial charge >= 0.3 is 5.97 Å². The van der Waals surface area contributed by atoms with Crippen LogP contribution in [0.5, 0.6) is 0 Å². The molecule has 0 radical (unpaired) electrons. The van der Waals surface area contributed by atoms with Gasteiger partial charge in [0.2, 0.25) is 0 Å². The summed E-state index contributed by atoms with van der Waals surface area (Å²) < 4.78 is 15.3. The number of carbonyl (C=O) groups excluding carboxylic acids is 1. The molecule has 1 aliphatic heterocycles. The Morgan fingerprint density at radius 1 is 0.324 bits per heavy atom. The van der Waals surface area contributed by atoms with E-state index in [-0.39, 0.29) is 5.97 Å². The fourth-order valence-electron chi connectivity index (χ4n) is 25.4. The molecule has 29 aromatic carbocycles. The van der Waals surface area contributed by atoms with Crippen LogP contribution in [0.25, 0.3) is 297 Å². The molecule has 29 aromatic rings. The zero-order chi connectivity index (χ0) is 44.5. The zero-order valence-corrected chi connectivity index (χ0v) is 37.8. The number of carbonyl (C=O) groups is 1. The second-order valence-electron chi connectivity index (χ2n) is 26.1. The highest BCUT2D eigenvalue weighted by atomic mass is 16.5. The fraction of sp³-hybridized carbons (Fsp3) is 0.0563. The van der Waals surface area contributed by atoms with Gasteiger partial charge in [0.05, 0.1) is 12.2 Å². The molecule has 3 heteroatoms. The average Bonchev–Trinajstić information content (AvgIpc) is 3.54. The Hall–Kier alpha value is -9.31. The maximum Gasteiger partial charge on any atom is 0.339 e. The van der Waals surface area contributed by atoms with Gasteiger partial charge < -0.3 is 9.47 Å². The van der Waals surface area contributed by atoms with Gasteiger partial charge in [-0.1, -0.05) is 30.3 Å². The summed E-state index contributed by atoms with van der Waals surface area (Å²) in [6.45, 7) is 2.29. The molecule has 5 aliphatic rings. The Morgan fingerprint density at radius 2 is 0.541 bits per heavy atom. The maximum absolute atomic E-state index is 16.4. The highest BCUT2D eigenvalue weighted by Gasteiger charge is 2.77. The van der Waals surface area contributed by atoms with Crippen LogP contribution in [0.2, 0.25) is 0 Å². The van der Waals surface area contributed by atoms with Gasteiger partial charge in [0, 0.05) is 16.7 Å². The summed E-state index contributed by atoms with van der Waals surface area (Å²) in [7, 11) is 0. The number of rotatable bonds is 3. The predicted octanol–water partition coefficient (Wildman–Crippen LogP) is 18.3. The average molecular weight is 911 g/mol. The second-order valence-corrected chi connectivity index (χ2v) is 26.1. The van der Waals surface area contributed by atoms with E-state index < -0.39 is 11.0 Å². The SMILES string of the molecule is CCOC(=O)C1=C(c2ccccc2)OC23c4c5c6c7c8c9c(c%10c%11c2c2c4c4c%12c5c5c6c6c8c8c%13c9c9c%10c%10c%11c%11c2c2c4c4c%12c%12c5c5c6c8c6c8c%13c9c9c%10c%10c%11c2c2c4c4c%12c5c6c5c8c9c%10c2c45)C173. The summed E-state index contributed by atoms with van der Waals surface area (Å²) in [5.41, 5.74) is 5.15. The van der Waals surface area contributed by atoms with Gasteiger partial charge in [-0.25, -0.2) is 4.79 Å². The molecule has 0 saturated heterocycles. The molecular weight excluding hydrogens is 901 g/mol. The van der Waals surface area contributed by atoms with Gasteiger partial charge in [-0.15, -0.1) is 0 Å². The van der Waals surface area contributed by atoms with Crippen molar-refractivity contribution in [3.8, 4) is 0 Å². The molecule has 0 atom stereocenters. The molecule has 74 heavy (non-hydrogen) atoms. The summed E-state index contributed by atoms with van der Waals surface area (Å²) in [4.78, 5) is 16.4. The van der Waals surface area contributed by atoms with E-state index in [4.69, 9.17) is 9.47 Å². The van der Waals surface area contributed by atoms with E-state index >= 15 is 4.79 Å². The summed E-state index contributed by atoms with van der Waals surface area (Å²) in [5.74, 6) is 0.500. The lowest BCUT2D eigenvalue weighted by molar-refractivity contribution is -0.139.